The van der Waals surface area contributed by atoms with Gasteiger partial charge in [-0.2, -0.15) is 0 Å². The van der Waals surface area contributed by atoms with E-state index in [1.165, 1.54) is 11.1 Å². The van der Waals surface area contributed by atoms with E-state index in [-0.39, 0.29) is 6.04 Å². The Morgan fingerprint density at radius 3 is 2.81 bits per heavy atom. The first-order chi connectivity index (χ1) is 10.2. The summed E-state index contributed by atoms with van der Waals surface area (Å²) in [4.78, 5) is 4.52. The Morgan fingerprint density at radius 1 is 1.33 bits per heavy atom. The Bertz CT molecular complexity index is 601. The van der Waals surface area contributed by atoms with Crippen LogP contribution in [0.1, 0.15) is 29.8 Å². The van der Waals surface area contributed by atoms with Crippen molar-refractivity contribution in [3.63, 3.8) is 0 Å². The normalized spacial score (nSPS) is 12.2. The molecule has 0 amide bonds. The molecule has 0 aliphatic heterocycles. The van der Waals surface area contributed by atoms with Crippen LogP contribution in [0.3, 0.4) is 0 Å². The molecule has 1 heterocycles. The molecule has 4 heteroatoms. The maximum absolute atomic E-state index is 5.49. The zero-order chi connectivity index (χ0) is 15.2. The van der Waals surface area contributed by atoms with Crippen LogP contribution in [0.4, 0.5) is 0 Å². The molecule has 0 saturated carbocycles. The molecular formula is C17H21BrN2O. The van der Waals surface area contributed by atoms with Crippen LogP contribution in [0.25, 0.3) is 0 Å². The molecule has 1 atom stereocenters. The molecule has 1 aromatic heterocycles. The van der Waals surface area contributed by atoms with Crippen LogP contribution in [0, 0.1) is 6.92 Å². The molecule has 112 valence electrons. The molecule has 1 aromatic carbocycles. The predicted molar refractivity (Wildman–Crippen MR) is 89.8 cm³/mol. The number of nitrogens with one attached hydrogen (secondary N) is 1. The van der Waals surface area contributed by atoms with E-state index in [1.54, 1.807) is 7.11 Å². The lowest BCUT2D eigenvalue weighted by atomic mass is 10.00. The summed E-state index contributed by atoms with van der Waals surface area (Å²) in [5.74, 6) is 0.926. The van der Waals surface area contributed by atoms with Gasteiger partial charge in [-0.15, -0.1) is 0 Å². The second-order valence-electron chi connectivity index (χ2n) is 5.00. The smallest absolute Gasteiger partial charge is 0.122 e. The van der Waals surface area contributed by atoms with Crippen molar-refractivity contribution >= 4 is 15.9 Å². The molecular weight excluding hydrogens is 328 g/mol. The number of ether oxygens (including phenoxy) is 1. The van der Waals surface area contributed by atoms with Crippen molar-refractivity contribution in [2.24, 2.45) is 0 Å². The summed E-state index contributed by atoms with van der Waals surface area (Å²) in [6.07, 6.45) is 2.67. The fourth-order valence-corrected chi connectivity index (χ4v) is 2.98. The molecule has 3 nitrogen and oxygen atoms in total. The van der Waals surface area contributed by atoms with Crippen LogP contribution >= 0.6 is 15.9 Å². The molecule has 0 bridgehead atoms. The molecule has 0 spiro atoms. The number of aryl methyl sites for hydroxylation is 1. The van der Waals surface area contributed by atoms with Gasteiger partial charge in [-0.3, -0.25) is 4.98 Å². The van der Waals surface area contributed by atoms with Crippen molar-refractivity contribution in [2.45, 2.75) is 26.3 Å². The van der Waals surface area contributed by atoms with Crippen molar-refractivity contribution in [1.82, 2.24) is 10.3 Å². The maximum Gasteiger partial charge on any atom is 0.122 e. The van der Waals surface area contributed by atoms with Crippen molar-refractivity contribution in [3.8, 4) is 5.75 Å². The number of nitrogens with zero attached hydrogens (tertiary/aromatic N) is 1. The lowest BCUT2D eigenvalue weighted by Crippen LogP contribution is -2.24. The van der Waals surface area contributed by atoms with E-state index in [2.05, 4.69) is 52.2 Å². The van der Waals surface area contributed by atoms with E-state index in [0.717, 1.165) is 28.9 Å². The van der Waals surface area contributed by atoms with Gasteiger partial charge in [-0.05, 0) is 59.6 Å². The van der Waals surface area contributed by atoms with Gasteiger partial charge in [0.05, 0.1) is 18.8 Å². The minimum absolute atomic E-state index is 0.154. The Morgan fingerprint density at radius 2 is 2.14 bits per heavy atom. The highest BCUT2D eigenvalue weighted by Crippen LogP contribution is 2.28. The number of benzene rings is 1. The highest BCUT2D eigenvalue weighted by Gasteiger charge is 2.17. The quantitative estimate of drug-likeness (QED) is 0.854. The van der Waals surface area contributed by atoms with Gasteiger partial charge < -0.3 is 10.1 Å². The number of rotatable bonds is 6. The number of methoxy groups -OCH3 is 1. The van der Waals surface area contributed by atoms with E-state index in [9.17, 15) is 0 Å². The standard InChI is InChI=1S/C17H21BrN2O/c1-4-19-15(17-14(18)6-5-9-20-17)11-13-10-12(2)7-8-16(13)21-3/h5-10,15,19H,4,11H2,1-3H3. The summed E-state index contributed by atoms with van der Waals surface area (Å²) >= 11 is 3.60. The number of likely N-dealkylation sites (N-methyl/N-ethyl adjacent to an activating group) is 1. The van der Waals surface area contributed by atoms with Gasteiger partial charge >= 0.3 is 0 Å². The van der Waals surface area contributed by atoms with Crippen molar-refractivity contribution in [2.75, 3.05) is 13.7 Å². The van der Waals surface area contributed by atoms with E-state index < -0.39 is 0 Å². The zero-order valence-corrected chi connectivity index (χ0v) is 14.3. The van der Waals surface area contributed by atoms with Crippen LogP contribution in [-0.4, -0.2) is 18.6 Å². The average Bonchev–Trinajstić information content (AvgIpc) is 2.48. The molecule has 0 radical (unpaired) electrons. The van der Waals surface area contributed by atoms with Crippen molar-refractivity contribution in [3.05, 3.63) is 57.8 Å². The van der Waals surface area contributed by atoms with Crippen LogP contribution in [0.2, 0.25) is 0 Å². The predicted octanol–water partition coefficient (Wildman–Crippen LogP) is 4.05. The molecule has 2 aromatic rings. The molecule has 1 unspecified atom stereocenters. The summed E-state index contributed by atoms with van der Waals surface area (Å²) in [6, 6.07) is 10.4. The first-order valence-corrected chi connectivity index (χ1v) is 7.92. The van der Waals surface area contributed by atoms with Crippen LogP contribution in [-0.2, 0) is 6.42 Å². The summed E-state index contributed by atoms with van der Waals surface area (Å²) in [7, 11) is 1.72. The number of hydrogen-bond donors (Lipinski definition) is 1. The first-order valence-electron chi connectivity index (χ1n) is 7.13. The lowest BCUT2D eigenvalue weighted by Gasteiger charge is -2.20. The third-order valence-corrected chi connectivity index (χ3v) is 4.10. The molecule has 0 aliphatic carbocycles. The number of aromatic nitrogens is 1. The van der Waals surface area contributed by atoms with Gasteiger partial charge in [0.15, 0.2) is 0 Å². The topological polar surface area (TPSA) is 34.1 Å². The summed E-state index contributed by atoms with van der Waals surface area (Å²) < 4.78 is 6.52. The third kappa shape index (κ3) is 4.05. The summed E-state index contributed by atoms with van der Waals surface area (Å²) in [5.41, 5.74) is 3.46. The summed E-state index contributed by atoms with van der Waals surface area (Å²) in [6.45, 7) is 5.10. The average molecular weight is 349 g/mol. The number of halogens is 1. The van der Waals surface area contributed by atoms with Gasteiger partial charge in [0.1, 0.15) is 5.75 Å². The fourth-order valence-electron chi connectivity index (χ4n) is 2.45. The monoisotopic (exact) mass is 348 g/mol. The van der Waals surface area contributed by atoms with Gasteiger partial charge in [-0.1, -0.05) is 24.6 Å². The Kier molecular flexibility index (Phi) is 5.76. The number of hydrogen-bond acceptors (Lipinski definition) is 3. The van der Waals surface area contributed by atoms with Crippen molar-refractivity contribution < 1.29 is 4.74 Å². The van der Waals surface area contributed by atoms with E-state index in [0.29, 0.717) is 0 Å². The second-order valence-corrected chi connectivity index (χ2v) is 5.85. The third-order valence-electron chi connectivity index (χ3n) is 3.43. The van der Waals surface area contributed by atoms with Crippen molar-refractivity contribution in [1.29, 1.82) is 0 Å². The van der Waals surface area contributed by atoms with E-state index in [1.807, 2.05) is 24.4 Å². The molecule has 2 rings (SSSR count). The Hall–Kier alpha value is -1.39. The van der Waals surface area contributed by atoms with Crippen LogP contribution < -0.4 is 10.1 Å². The van der Waals surface area contributed by atoms with Crippen LogP contribution in [0.15, 0.2) is 41.0 Å². The fraction of sp³-hybridized carbons (Fsp3) is 0.353. The largest absolute Gasteiger partial charge is 0.496 e. The molecule has 0 aliphatic rings. The van der Waals surface area contributed by atoms with Gasteiger partial charge in [0.2, 0.25) is 0 Å². The highest BCUT2D eigenvalue weighted by atomic mass is 79.9. The van der Waals surface area contributed by atoms with Gasteiger partial charge in [0, 0.05) is 10.7 Å². The minimum atomic E-state index is 0.154. The maximum atomic E-state index is 5.49. The van der Waals surface area contributed by atoms with Gasteiger partial charge in [-0.25, -0.2) is 0 Å². The SMILES string of the molecule is CCNC(Cc1cc(C)ccc1OC)c1ncccc1Br. The Labute approximate surface area is 134 Å². The van der Waals surface area contributed by atoms with E-state index >= 15 is 0 Å². The molecule has 21 heavy (non-hydrogen) atoms. The highest BCUT2D eigenvalue weighted by molar-refractivity contribution is 9.10. The first kappa shape index (κ1) is 16.0. The lowest BCUT2D eigenvalue weighted by molar-refractivity contribution is 0.405. The molecule has 0 fully saturated rings. The second kappa shape index (κ2) is 7.57. The Balaban J connectivity index is 2.33. The molecule has 1 N–H and O–H groups in total. The zero-order valence-electron chi connectivity index (χ0n) is 12.7. The van der Waals surface area contributed by atoms with Gasteiger partial charge in [0.25, 0.3) is 0 Å². The van der Waals surface area contributed by atoms with Crippen LogP contribution in [0.5, 0.6) is 5.75 Å². The number of pyridine rings is 1. The minimum Gasteiger partial charge on any atom is -0.496 e. The van der Waals surface area contributed by atoms with E-state index in [4.69, 9.17) is 4.74 Å². The summed E-state index contributed by atoms with van der Waals surface area (Å²) in [5, 5.41) is 3.51. The molecule has 0 saturated heterocycles.